The van der Waals surface area contributed by atoms with Gasteiger partial charge < -0.3 is 43.6 Å². The third-order valence-corrected chi connectivity index (χ3v) is 9.25. The topological polar surface area (TPSA) is 142 Å². The molecule has 7 atom stereocenters. The molecule has 2 saturated heterocycles. The molecule has 1 unspecified atom stereocenters. The van der Waals surface area contributed by atoms with Crippen molar-refractivity contribution in [1.29, 1.82) is 0 Å². The Kier molecular flexibility index (Phi) is 13.9. The highest BCUT2D eigenvalue weighted by Crippen LogP contribution is 2.38. The number of amides is 2. The molecule has 3 aromatic rings. The summed E-state index contributed by atoms with van der Waals surface area (Å²) in [6.07, 6.45) is -5.57. The van der Waals surface area contributed by atoms with Crippen LogP contribution < -0.4 is 5.32 Å². The van der Waals surface area contributed by atoms with E-state index < -0.39 is 59.5 Å². The van der Waals surface area contributed by atoms with Crippen molar-refractivity contribution in [3.63, 3.8) is 0 Å². The largest absolute Gasteiger partial charge is 0.444 e. The number of hydrogen-bond acceptors (Lipinski definition) is 10. The van der Waals surface area contributed by atoms with E-state index >= 15 is 0 Å². The number of hydrogen-bond donors (Lipinski definition) is 2. The van der Waals surface area contributed by atoms with E-state index in [0.717, 1.165) is 21.6 Å². The minimum absolute atomic E-state index is 0.0692. The van der Waals surface area contributed by atoms with Crippen LogP contribution in [-0.4, -0.2) is 94.9 Å². The molecular weight excluding hydrogens is 704 g/mol. The van der Waals surface area contributed by atoms with Gasteiger partial charge in [0.1, 0.15) is 41.8 Å². The Morgan fingerprint density at radius 3 is 1.95 bits per heavy atom. The molecular formula is C43H52N2O10. The first-order valence-corrected chi connectivity index (χ1v) is 18.4. The Balaban J connectivity index is 1.51. The van der Waals surface area contributed by atoms with Crippen molar-refractivity contribution in [2.75, 3.05) is 13.2 Å². The number of rotatable bonds is 13. The number of benzene rings is 3. The first-order chi connectivity index (χ1) is 26.2. The van der Waals surface area contributed by atoms with Gasteiger partial charge >= 0.3 is 6.09 Å². The molecule has 55 heavy (non-hydrogen) atoms. The quantitative estimate of drug-likeness (QED) is 0.182. The lowest BCUT2D eigenvalue weighted by molar-refractivity contribution is -0.222. The van der Waals surface area contributed by atoms with Crippen LogP contribution in [0.4, 0.5) is 4.79 Å². The molecule has 3 aromatic carbocycles. The van der Waals surface area contributed by atoms with Gasteiger partial charge in [0.25, 0.3) is 0 Å². The molecule has 294 valence electrons. The Morgan fingerprint density at radius 1 is 0.909 bits per heavy atom. The average Bonchev–Trinajstić information content (AvgIpc) is 3.44. The number of carbonyl (C=O) groups is 3. The highest BCUT2D eigenvalue weighted by Gasteiger charge is 2.59. The van der Waals surface area contributed by atoms with Crippen LogP contribution in [0.1, 0.15) is 58.2 Å². The van der Waals surface area contributed by atoms with Crippen molar-refractivity contribution in [2.45, 2.75) is 115 Å². The summed E-state index contributed by atoms with van der Waals surface area (Å²) in [6, 6.07) is 28.0. The predicted molar refractivity (Wildman–Crippen MR) is 203 cm³/mol. The predicted octanol–water partition coefficient (Wildman–Crippen LogP) is 4.95. The molecule has 5 rings (SSSR count). The zero-order chi connectivity index (χ0) is 39.6. The van der Waals surface area contributed by atoms with Crippen molar-refractivity contribution >= 4 is 18.3 Å². The molecule has 0 bridgehead atoms. The van der Waals surface area contributed by atoms with E-state index in [1.54, 1.807) is 34.6 Å². The van der Waals surface area contributed by atoms with E-state index in [9.17, 15) is 19.5 Å². The highest BCUT2D eigenvalue weighted by molar-refractivity contribution is 5.80. The van der Waals surface area contributed by atoms with Crippen LogP contribution in [0, 0.1) is 11.8 Å². The van der Waals surface area contributed by atoms with Crippen molar-refractivity contribution in [1.82, 2.24) is 10.2 Å². The summed E-state index contributed by atoms with van der Waals surface area (Å²) in [6.45, 7) is 10.1. The zero-order valence-corrected chi connectivity index (χ0v) is 32.3. The molecule has 12 nitrogen and oxygen atoms in total. The van der Waals surface area contributed by atoms with Gasteiger partial charge in [-0.3, -0.25) is 9.69 Å². The number of aliphatic hydroxyl groups excluding tert-OH is 1. The standard InChI is InChI=1S/C43H52N2O10/c1-30(47)44-37-34(22-23-36(48)43(28-46)29-53-42(5,6)45(43)40(49)55-41(2,3)4)54-35(27-50-24-31-16-10-7-11-17-31)38(51-25-32-18-12-8-13-19-32)39(37)52-26-33-20-14-9-15-21-33/h7-21,28,34-39,48H,24-27,29H2,1-6H3,(H,44,47)/t34-,35-,36?,37+,38+,39-,43-/m1/s1. The maximum atomic E-state index is 13.5. The normalized spacial score (nSPS) is 25.3. The summed E-state index contributed by atoms with van der Waals surface area (Å²) in [4.78, 5) is 40.3. The van der Waals surface area contributed by atoms with Gasteiger partial charge in [-0.1, -0.05) is 103 Å². The maximum Gasteiger partial charge on any atom is 0.413 e. The summed E-state index contributed by atoms with van der Waals surface area (Å²) in [5.41, 5.74) is -1.35. The van der Waals surface area contributed by atoms with Crippen molar-refractivity contribution in [2.24, 2.45) is 0 Å². The summed E-state index contributed by atoms with van der Waals surface area (Å²) >= 11 is 0. The molecule has 2 aliphatic rings. The Morgan fingerprint density at radius 2 is 1.44 bits per heavy atom. The van der Waals surface area contributed by atoms with Gasteiger partial charge in [0.2, 0.25) is 5.91 Å². The molecule has 2 amide bonds. The monoisotopic (exact) mass is 756 g/mol. The molecule has 0 aromatic heterocycles. The SMILES string of the molecule is CC(=O)N[C@@H]1[C@@H](OCc2ccccc2)[C@@H](OCc2ccccc2)[C@@H](COCc2ccccc2)O[C@@H]1C#CC(O)[C@@]1(C=O)COC(C)(C)N1C(=O)OC(C)(C)C. The smallest absolute Gasteiger partial charge is 0.413 e. The second-order valence-corrected chi connectivity index (χ2v) is 15.2. The van der Waals surface area contributed by atoms with Gasteiger partial charge in [-0.15, -0.1) is 0 Å². The summed E-state index contributed by atoms with van der Waals surface area (Å²) in [5, 5.41) is 14.7. The summed E-state index contributed by atoms with van der Waals surface area (Å²) < 4.78 is 37.5. The lowest BCUT2D eigenvalue weighted by Crippen LogP contribution is -2.65. The molecule has 2 fully saturated rings. The Hall–Kier alpha value is -4.61. The van der Waals surface area contributed by atoms with Crippen molar-refractivity contribution < 1.29 is 47.9 Å². The molecule has 0 radical (unpaired) electrons. The van der Waals surface area contributed by atoms with Gasteiger partial charge in [0.05, 0.1) is 39.1 Å². The fourth-order valence-corrected chi connectivity index (χ4v) is 6.65. The lowest BCUT2D eigenvalue weighted by Gasteiger charge is -2.45. The van der Waals surface area contributed by atoms with Crippen LogP contribution in [0.2, 0.25) is 0 Å². The second-order valence-electron chi connectivity index (χ2n) is 15.2. The lowest BCUT2D eigenvalue weighted by atomic mass is 9.90. The number of ether oxygens (including phenoxy) is 6. The van der Waals surface area contributed by atoms with Gasteiger partial charge in [-0.2, -0.15) is 0 Å². The Bertz CT molecular complexity index is 1770. The van der Waals surface area contributed by atoms with Crippen LogP contribution in [-0.2, 0) is 57.8 Å². The van der Waals surface area contributed by atoms with E-state index in [-0.39, 0.29) is 32.3 Å². The number of carbonyl (C=O) groups excluding carboxylic acids is 3. The minimum Gasteiger partial charge on any atom is -0.444 e. The molecule has 2 N–H and O–H groups in total. The van der Waals surface area contributed by atoms with Crippen LogP contribution in [0.15, 0.2) is 91.0 Å². The van der Waals surface area contributed by atoms with Crippen molar-refractivity contribution in [3.05, 3.63) is 108 Å². The first-order valence-electron chi connectivity index (χ1n) is 18.4. The number of aldehydes is 1. The Labute approximate surface area is 323 Å². The third kappa shape index (κ3) is 10.8. The van der Waals surface area contributed by atoms with E-state index in [4.69, 9.17) is 28.4 Å². The first kappa shape index (κ1) is 41.6. The van der Waals surface area contributed by atoms with Gasteiger partial charge in [-0.05, 0) is 51.3 Å². The van der Waals surface area contributed by atoms with E-state index in [1.165, 1.54) is 6.92 Å². The molecule has 2 heterocycles. The number of aliphatic hydroxyl groups is 1. The second kappa shape index (κ2) is 18.3. The van der Waals surface area contributed by atoms with Gasteiger partial charge in [0, 0.05) is 6.92 Å². The van der Waals surface area contributed by atoms with E-state index in [2.05, 4.69) is 17.2 Å². The molecule has 0 aliphatic carbocycles. The van der Waals surface area contributed by atoms with Crippen LogP contribution in [0.5, 0.6) is 0 Å². The van der Waals surface area contributed by atoms with Crippen LogP contribution >= 0.6 is 0 Å². The average molecular weight is 757 g/mol. The molecule has 0 saturated carbocycles. The number of nitrogens with zero attached hydrogens (tertiary/aromatic N) is 1. The van der Waals surface area contributed by atoms with Gasteiger partial charge in [0.15, 0.2) is 11.8 Å². The zero-order valence-electron chi connectivity index (χ0n) is 32.3. The number of nitrogens with one attached hydrogen (secondary N) is 1. The third-order valence-electron chi connectivity index (χ3n) is 9.25. The maximum absolute atomic E-state index is 13.5. The molecule has 12 heteroatoms. The van der Waals surface area contributed by atoms with E-state index in [0.29, 0.717) is 12.9 Å². The van der Waals surface area contributed by atoms with Crippen LogP contribution in [0.25, 0.3) is 0 Å². The summed E-state index contributed by atoms with van der Waals surface area (Å²) in [5.74, 6) is 5.39. The van der Waals surface area contributed by atoms with Gasteiger partial charge in [-0.25, -0.2) is 4.79 Å². The fraction of sp³-hybridized carbons (Fsp3) is 0.465. The van der Waals surface area contributed by atoms with Crippen LogP contribution in [0.3, 0.4) is 0 Å². The fourth-order valence-electron chi connectivity index (χ4n) is 6.65. The van der Waals surface area contributed by atoms with Crippen molar-refractivity contribution in [3.8, 4) is 11.8 Å². The summed E-state index contributed by atoms with van der Waals surface area (Å²) in [7, 11) is 0. The minimum atomic E-state index is -1.92. The molecule has 2 aliphatic heterocycles. The highest BCUT2D eigenvalue weighted by atomic mass is 16.6. The molecule has 0 spiro atoms. The van der Waals surface area contributed by atoms with E-state index in [1.807, 2.05) is 91.0 Å².